The van der Waals surface area contributed by atoms with Crippen molar-refractivity contribution >= 4 is 5.96 Å². The second-order valence-corrected chi connectivity index (χ2v) is 7.59. The fourth-order valence-electron chi connectivity index (χ4n) is 3.74. The number of guanidine groups is 1. The van der Waals surface area contributed by atoms with E-state index < -0.39 is 0 Å². The fourth-order valence-corrected chi connectivity index (χ4v) is 3.74. The van der Waals surface area contributed by atoms with E-state index in [9.17, 15) is 0 Å². The van der Waals surface area contributed by atoms with Crippen LogP contribution in [0.4, 0.5) is 0 Å². The normalized spacial score (nSPS) is 15.9. The molecule has 0 aliphatic carbocycles. The Kier molecular flexibility index (Phi) is 11.1. The Bertz CT molecular complexity index is 596. The van der Waals surface area contributed by atoms with Gasteiger partial charge < -0.3 is 19.7 Å². The van der Waals surface area contributed by atoms with E-state index in [0.717, 1.165) is 77.7 Å². The fraction of sp³-hybridized carbons (Fsp3) is 0.696. The molecule has 1 aromatic rings. The molecule has 0 amide bonds. The van der Waals surface area contributed by atoms with Gasteiger partial charge in [0.1, 0.15) is 0 Å². The van der Waals surface area contributed by atoms with Gasteiger partial charge in [0.05, 0.1) is 6.10 Å². The third kappa shape index (κ3) is 8.33. The molecule has 6 nitrogen and oxygen atoms in total. The van der Waals surface area contributed by atoms with Crippen LogP contribution < -0.4 is 5.32 Å². The van der Waals surface area contributed by atoms with Gasteiger partial charge in [-0.05, 0) is 43.5 Å². The molecule has 1 heterocycles. The lowest BCUT2D eigenvalue weighted by Gasteiger charge is -2.34. The van der Waals surface area contributed by atoms with E-state index in [0.29, 0.717) is 6.10 Å². The Morgan fingerprint density at radius 3 is 2.55 bits per heavy atom. The molecule has 0 aromatic heterocycles. The highest BCUT2D eigenvalue weighted by atomic mass is 16.5. The molecule has 1 aliphatic rings. The van der Waals surface area contributed by atoms with Crippen molar-refractivity contribution in [3.8, 4) is 0 Å². The first-order valence-corrected chi connectivity index (χ1v) is 11.1. The topological polar surface area (TPSA) is 49.3 Å². The van der Waals surface area contributed by atoms with E-state index in [1.54, 1.807) is 7.11 Å². The molecule has 0 atom stereocenters. The molecule has 2 rings (SSSR count). The molecule has 0 unspecified atom stereocenters. The summed E-state index contributed by atoms with van der Waals surface area (Å²) in [7, 11) is 3.60. The van der Waals surface area contributed by atoms with Crippen molar-refractivity contribution in [2.75, 3.05) is 53.6 Å². The smallest absolute Gasteiger partial charge is 0.193 e. The number of hydrogen-bond donors (Lipinski definition) is 1. The van der Waals surface area contributed by atoms with E-state index >= 15 is 0 Å². The first-order chi connectivity index (χ1) is 14.2. The van der Waals surface area contributed by atoms with Crippen LogP contribution in [0.1, 0.15) is 44.2 Å². The summed E-state index contributed by atoms with van der Waals surface area (Å²) >= 11 is 0. The van der Waals surface area contributed by atoms with E-state index in [2.05, 4.69) is 58.2 Å². The van der Waals surface area contributed by atoms with Gasteiger partial charge in [0.25, 0.3) is 0 Å². The highest BCUT2D eigenvalue weighted by Crippen LogP contribution is 2.15. The van der Waals surface area contributed by atoms with Crippen LogP contribution in [0, 0.1) is 0 Å². The second-order valence-electron chi connectivity index (χ2n) is 7.59. The van der Waals surface area contributed by atoms with Gasteiger partial charge in [0, 0.05) is 53.6 Å². The molecule has 0 spiro atoms. The number of benzene rings is 1. The summed E-state index contributed by atoms with van der Waals surface area (Å²) in [5.41, 5.74) is 2.67. The summed E-state index contributed by atoms with van der Waals surface area (Å²) in [5, 5.41) is 3.54. The number of likely N-dealkylation sites (tertiary alicyclic amines) is 1. The molecule has 0 saturated carbocycles. The predicted octanol–water partition coefficient (Wildman–Crippen LogP) is 3.12. The van der Waals surface area contributed by atoms with E-state index in [-0.39, 0.29) is 0 Å². The Morgan fingerprint density at radius 2 is 1.90 bits per heavy atom. The summed E-state index contributed by atoms with van der Waals surface area (Å²) in [6.45, 7) is 11.9. The number of piperidine rings is 1. The zero-order valence-electron chi connectivity index (χ0n) is 18.8. The lowest BCUT2D eigenvalue weighted by atomic mass is 10.1. The minimum absolute atomic E-state index is 0.359. The summed E-state index contributed by atoms with van der Waals surface area (Å²) in [6, 6.07) is 8.86. The van der Waals surface area contributed by atoms with Crippen molar-refractivity contribution in [3.05, 3.63) is 35.4 Å². The molecule has 1 saturated heterocycles. The van der Waals surface area contributed by atoms with Gasteiger partial charge in [0.2, 0.25) is 0 Å². The maximum atomic E-state index is 5.97. The number of rotatable bonds is 11. The Hall–Kier alpha value is -1.63. The minimum atomic E-state index is 0.359. The highest BCUT2D eigenvalue weighted by molar-refractivity contribution is 5.79. The zero-order valence-corrected chi connectivity index (χ0v) is 18.8. The van der Waals surface area contributed by atoms with Crippen molar-refractivity contribution in [1.29, 1.82) is 0 Å². The maximum Gasteiger partial charge on any atom is 0.193 e. The largest absolute Gasteiger partial charge is 0.385 e. The molecule has 1 N–H and O–H groups in total. The summed E-state index contributed by atoms with van der Waals surface area (Å²) in [4.78, 5) is 9.28. The van der Waals surface area contributed by atoms with Gasteiger partial charge in [-0.25, -0.2) is 0 Å². The van der Waals surface area contributed by atoms with Crippen LogP contribution >= 0.6 is 0 Å². The van der Waals surface area contributed by atoms with Crippen molar-refractivity contribution in [2.24, 2.45) is 4.99 Å². The monoisotopic (exact) mass is 404 g/mol. The lowest BCUT2D eigenvalue weighted by Crippen LogP contribution is -2.46. The molecular weight excluding hydrogens is 364 g/mol. The predicted molar refractivity (Wildman–Crippen MR) is 120 cm³/mol. The molecule has 1 aromatic carbocycles. The standard InChI is InChI=1S/C23H40N4O2/c1-5-26(6-2)19-21-10-7-9-20(17-21)18-25-23(24-3)27-13-11-22(12-14-27)29-16-8-15-28-4/h7,9-10,17,22H,5-6,8,11-16,18-19H2,1-4H3,(H,24,25). The van der Waals surface area contributed by atoms with Crippen molar-refractivity contribution < 1.29 is 9.47 Å². The van der Waals surface area contributed by atoms with Gasteiger partial charge in [-0.2, -0.15) is 0 Å². The highest BCUT2D eigenvalue weighted by Gasteiger charge is 2.21. The summed E-state index contributed by atoms with van der Waals surface area (Å²) in [6.07, 6.45) is 3.42. The van der Waals surface area contributed by atoms with Crippen LogP contribution in [-0.2, 0) is 22.6 Å². The third-order valence-corrected chi connectivity index (χ3v) is 5.54. The molecule has 1 fully saturated rings. The van der Waals surface area contributed by atoms with Crippen LogP contribution in [0.25, 0.3) is 0 Å². The average molecular weight is 405 g/mol. The quantitative estimate of drug-likeness (QED) is 0.349. The van der Waals surface area contributed by atoms with Gasteiger partial charge in [-0.15, -0.1) is 0 Å². The SMILES string of the molecule is CCN(CC)Cc1cccc(CNC(=NC)N2CCC(OCCCOC)CC2)c1. The van der Waals surface area contributed by atoms with Crippen LogP contribution in [0.2, 0.25) is 0 Å². The van der Waals surface area contributed by atoms with Gasteiger partial charge in [0.15, 0.2) is 5.96 Å². The summed E-state index contributed by atoms with van der Waals surface area (Å²) < 4.78 is 11.0. The zero-order chi connectivity index (χ0) is 20.9. The van der Waals surface area contributed by atoms with Crippen LogP contribution in [0.15, 0.2) is 29.3 Å². The van der Waals surface area contributed by atoms with Gasteiger partial charge in [-0.3, -0.25) is 9.89 Å². The second kappa shape index (κ2) is 13.6. The van der Waals surface area contributed by atoms with Crippen molar-refractivity contribution in [3.63, 3.8) is 0 Å². The van der Waals surface area contributed by atoms with Gasteiger partial charge >= 0.3 is 0 Å². The number of methoxy groups -OCH3 is 1. The molecule has 29 heavy (non-hydrogen) atoms. The summed E-state index contributed by atoms with van der Waals surface area (Å²) in [5.74, 6) is 0.983. The Balaban J connectivity index is 1.78. The van der Waals surface area contributed by atoms with Gasteiger partial charge in [-0.1, -0.05) is 38.1 Å². The number of ether oxygens (including phenoxy) is 2. The number of nitrogens with one attached hydrogen (secondary N) is 1. The number of hydrogen-bond acceptors (Lipinski definition) is 4. The molecule has 0 radical (unpaired) electrons. The van der Waals surface area contributed by atoms with Crippen LogP contribution in [-0.4, -0.2) is 75.4 Å². The van der Waals surface area contributed by atoms with Crippen molar-refractivity contribution in [2.45, 2.75) is 52.3 Å². The minimum Gasteiger partial charge on any atom is -0.385 e. The van der Waals surface area contributed by atoms with E-state index in [4.69, 9.17) is 9.47 Å². The molecular formula is C23H40N4O2. The third-order valence-electron chi connectivity index (χ3n) is 5.54. The van der Waals surface area contributed by atoms with Crippen LogP contribution in [0.3, 0.4) is 0 Å². The van der Waals surface area contributed by atoms with Crippen LogP contribution in [0.5, 0.6) is 0 Å². The first kappa shape index (κ1) is 23.6. The van der Waals surface area contributed by atoms with E-state index in [1.165, 1.54) is 11.1 Å². The Labute approximate surface area is 177 Å². The van der Waals surface area contributed by atoms with E-state index in [1.807, 2.05) is 7.05 Å². The number of nitrogens with zero attached hydrogens (tertiary/aromatic N) is 3. The molecule has 164 valence electrons. The van der Waals surface area contributed by atoms with Crippen molar-refractivity contribution in [1.82, 2.24) is 15.1 Å². The molecule has 6 heteroatoms. The first-order valence-electron chi connectivity index (χ1n) is 11.1. The lowest BCUT2D eigenvalue weighted by molar-refractivity contribution is 0.00989. The maximum absolute atomic E-state index is 5.97. The molecule has 0 bridgehead atoms. The average Bonchev–Trinajstić information content (AvgIpc) is 2.76. The Morgan fingerprint density at radius 1 is 1.17 bits per heavy atom. The molecule has 1 aliphatic heterocycles. The number of aliphatic imine (C=N–C) groups is 1.